The van der Waals surface area contributed by atoms with Gasteiger partial charge in [-0.3, -0.25) is 4.79 Å². The van der Waals surface area contributed by atoms with Crippen LogP contribution in [0.25, 0.3) is 10.9 Å². The summed E-state index contributed by atoms with van der Waals surface area (Å²) in [5, 5.41) is 3.15. The van der Waals surface area contributed by atoms with Crippen LogP contribution in [0.3, 0.4) is 0 Å². The fraction of sp³-hybridized carbons (Fsp3) is 0.296. The summed E-state index contributed by atoms with van der Waals surface area (Å²) in [6.45, 7) is 2.72. The number of rotatable bonds is 5. The number of thiophene rings is 1. The molecule has 4 aromatic rings. The van der Waals surface area contributed by atoms with Crippen molar-refractivity contribution in [2.24, 2.45) is 7.05 Å². The molecule has 0 saturated carbocycles. The minimum absolute atomic E-state index is 0.0518. The second-order valence-corrected chi connectivity index (χ2v) is 10.4. The molecule has 2 aromatic carbocycles. The van der Waals surface area contributed by atoms with Crippen LogP contribution in [0.15, 0.2) is 52.3 Å². The Morgan fingerprint density at radius 1 is 1.15 bits per heavy atom. The molecule has 3 heterocycles. The Labute approximate surface area is 212 Å². The third-order valence-corrected chi connectivity index (χ3v) is 9.04. The second-order valence-electron chi connectivity index (χ2n) is 8.62. The summed E-state index contributed by atoms with van der Waals surface area (Å²) in [6, 6.07) is 14.1. The molecule has 0 N–H and O–H groups in total. The van der Waals surface area contributed by atoms with Gasteiger partial charge in [0.05, 0.1) is 25.8 Å². The van der Waals surface area contributed by atoms with E-state index < -0.39 is 0 Å². The maximum atomic E-state index is 14.1. The van der Waals surface area contributed by atoms with Gasteiger partial charge >= 0.3 is 0 Å². The van der Waals surface area contributed by atoms with Crippen LogP contribution < -0.4 is 9.47 Å². The molecule has 2 aromatic heterocycles. The van der Waals surface area contributed by atoms with Crippen molar-refractivity contribution in [3.63, 3.8) is 0 Å². The number of methoxy groups -OCH3 is 2. The molecule has 0 bridgehead atoms. The fourth-order valence-corrected chi connectivity index (χ4v) is 6.96. The zero-order valence-corrected chi connectivity index (χ0v) is 22.1. The number of para-hydroxylation sites is 1. The van der Waals surface area contributed by atoms with Gasteiger partial charge < -0.3 is 18.9 Å². The highest BCUT2D eigenvalue weighted by atomic mass is 79.9. The smallest absolute Gasteiger partial charge is 0.256 e. The van der Waals surface area contributed by atoms with Crippen molar-refractivity contribution in [2.75, 3.05) is 20.8 Å². The summed E-state index contributed by atoms with van der Waals surface area (Å²) < 4.78 is 14.2. The minimum atomic E-state index is -0.0518. The molecule has 34 heavy (non-hydrogen) atoms. The van der Waals surface area contributed by atoms with Gasteiger partial charge in [-0.25, -0.2) is 0 Å². The van der Waals surface area contributed by atoms with Crippen LogP contribution in [0, 0.1) is 6.92 Å². The number of hydrogen-bond donors (Lipinski definition) is 0. The number of amides is 1. The zero-order valence-electron chi connectivity index (χ0n) is 19.7. The van der Waals surface area contributed by atoms with Crippen LogP contribution in [0.2, 0.25) is 0 Å². The normalized spacial score (nSPS) is 15.4. The Kier molecular flexibility index (Phi) is 6.16. The molecule has 5 rings (SSSR count). The third-order valence-electron chi connectivity index (χ3n) is 6.91. The summed E-state index contributed by atoms with van der Waals surface area (Å²) >= 11 is 5.45. The first-order valence-corrected chi connectivity index (χ1v) is 12.9. The maximum absolute atomic E-state index is 14.1. The largest absolute Gasteiger partial charge is 0.493 e. The molecular weight excluding hydrogens is 512 g/mol. The van der Waals surface area contributed by atoms with Gasteiger partial charge in [-0.1, -0.05) is 24.3 Å². The molecule has 0 fully saturated rings. The minimum Gasteiger partial charge on any atom is -0.493 e. The summed E-state index contributed by atoms with van der Waals surface area (Å²) in [4.78, 5) is 17.5. The van der Waals surface area contributed by atoms with Gasteiger partial charge in [0.25, 0.3) is 5.91 Å². The molecule has 1 atom stereocenters. The number of nitrogens with zero attached hydrogens (tertiary/aromatic N) is 2. The van der Waals surface area contributed by atoms with Crippen molar-refractivity contribution in [2.45, 2.75) is 25.8 Å². The lowest BCUT2D eigenvalue weighted by Crippen LogP contribution is -2.40. The maximum Gasteiger partial charge on any atom is 0.256 e. The quantitative estimate of drug-likeness (QED) is 0.299. The number of ether oxygens (including phenoxy) is 2. The number of carbonyl (C=O) groups excluding carboxylic acids is 1. The van der Waals surface area contributed by atoms with Crippen LogP contribution in [0.4, 0.5) is 0 Å². The molecule has 0 saturated heterocycles. The Morgan fingerprint density at radius 3 is 2.68 bits per heavy atom. The average Bonchev–Trinajstić information content (AvgIpc) is 3.36. The van der Waals surface area contributed by atoms with E-state index in [0.29, 0.717) is 24.5 Å². The van der Waals surface area contributed by atoms with E-state index in [2.05, 4.69) is 49.0 Å². The number of aryl methyl sites for hydroxylation is 1. The molecule has 1 unspecified atom stereocenters. The Hall–Kier alpha value is -2.77. The van der Waals surface area contributed by atoms with E-state index in [1.54, 1.807) is 25.6 Å². The summed E-state index contributed by atoms with van der Waals surface area (Å²) in [6.07, 6.45) is 1.55. The predicted octanol–water partition coefficient (Wildman–Crippen LogP) is 6.31. The van der Waals surface area contributed by atoms with Gasteiger partial charge in [0.15, 0.2) is 11.5 Å². The third kappa shape index (κ3) is 3.71. The van der Waals surface area contributed by atoms with Gasteiger partial charge in [0.2, 0.25) is 0 Å². The van der Waals surface area contributed by atoms with Crippen LogP contribution in [0.1, 0.15) is 38.1 Å². The molecule has 1 aliphatic heterocycles. The van der Waals surface area contributed by atoms with Crippen LogP contribution in [-0.2, 0) is 19.9 Å². The molecule has 1 aliphatic rings. The number of halogens is 1. The average molecular weight is 539 g/mol. The highest BCUT2D eigenvalue weighted by Gasteiger charge is 2.35. The first kappa shape index (κ1) is 23.0. The Bertz CT molecular complexity index is 1390. The van der Waals surface area contributed by atoms with Crippen molar-refractivity contribution in [3.05, 3.63) is 79.6 Å². The van der Waals surface area contributed by atoms with Crippen LogP contribution in [-0.4, -0.2) is 36.1 Å². The monoisotopic (exact) mass is 538 g/mol. The van der Waals surface area contributed by atoms with Gasteiger partial charge in [-0.05, 0) is 65.0 Å². The van der Waals surface area contributed by atoms with E-state index in [0.717, 1.165) is 38.6 Å². The van der Waals surface area contributed by atoms with Gasteiger partial charge in [0.1, 0.15) is 0 Å². The lowest BCUT2D eigenvalue weighted by atomic mass is 9.94. The van der Waals surface area contributed by atoms with Crippen LogP contribution in [0.5, 0.6) is 11.5 Å². The molecule has 0 aliphatic carbocycles. The summed E-state index contributed by atoms with van der Waals surface area (Å²) in [7, 11) is 5.32. The molecule has 5 nitrogen and oxygen atoms in total. The SMILES string of the molecule is COc1ccc(CC2c3scc(Br)c3CCN2C(=O)c2c(C)n(C)c3ccccc23)cc1OC. The van der Waals surface area contributed by atoms with E-state index in [1.165, 1.54) is 10.4 Å². The number of aromatic nitrogens is 1. The lowest BCUT2D eigenvalue weighted by molar-refractivity contribution is 0.0665. The van der Waals surface area contributed by atoms with E-state index in [1.807, 2.05) is 38.2 Å². The van der Waals surface area contributed by atoms with Crippen molar-refractivity contribution in [3.8, 4) is 11.5 Å². The Morgan fingerprint density at radius 2 is 1.91 bits per heavy atom. The van der Waals surface area contributed by atoms with Gasteiger partial charge in [-0.2, -0.15) is 0 Å². The molecule has 7 heteroatoms. The van der Waals surface area contributed by atoms with Crippen molar-refractivity contribution < 1.29 is 14.3 Å². The number of fused-ring (bicyclic) bond motifs is 2. The van der Waals surface area contributed by atoms with E-state index in [4.69, 9.17) is 9.47 Å². The van der Waals surface area contributed by atoms with Crippen molar-refractivity contribution in [1.82, 2.24) is 9.47 Å². The lowest BCUT2D eigenvalue weighted by Gasteiger charge is -2.36. The second kappa shape index (κ2) is 9.12. The van der Waals surface area contributed by atoms with Gasteiger partial charge in [-0.15, -0.1) is 11.3 Å². The number of carbonyl (C=O) groups is 1. The van der Waals surface area contributed by atoms with E-state index in [-0.39, 0.29) is 11.9 Å². The standard InChI is InChI=1S/C27H27BrN2O3S/c1-16-25(19-7-5-6-8-21(19)29(16)2)27(31)30-12-11-18-20(28)15-34-26(18)22(30)13-17-9-10-23(32-3)24(14-17)33-4/h5-10,14-15,22H,11-13H2,1-4H3. The number of hydrogen-bond acceptors (Lipinski definition) is 4. The predicted molar refractivity (Wildman–Crippen MR) is 140 cm³/mol. The molecule has 0 spiro atoms. The highest BCUT2D eigenvalue weighted by molar-refractivity contribution is 9.10. The molecule has 176 valence electrons. The summed E-state index contributed by atoms with van der Waals surface area (Å²) in [5.41, 5.74) is 5.29. The first-order valence-electron chi connectivity index (χ1n) is 11.3. The van der Waals surface area contributed by atoms with Crippen molar-refractivity contribution in [1.29, 1.82) is 0 Å². The molecule has 1 amide bonds. The van der Waals surface area contributed by atoms with E-state index >= 15 is 0 Å². The fourth-order valence-electron chi connectivity index (χ4n) is 5.04. The molecular formula is C27H27BrN2O3S. The topological polar surface area (TPSA) is 43.7 Å². The van der Waals surface area contributed by atoms with Gasteiger partial charge in [0, 0.05) is 44.9 Å². The van der Waals surface area contributed by atoms with Crippen LogP contribution >= 0.6 is 27.3 Å². The summed E-state index contributed by atoms with van der Waals surface area (Å²) in [5.74, 6) is 1.50. The zero-order chi connectivity index (χ0) is 24.0. The number of benzene rings is 2. The molecule has 0 radical (unpaired) electrons. The van der Waals surface area contributed by atoms with E-state index in [9.17, 15) is 4.79 Å². The highest BCUT2D eigenvalue weighted by Crippen LogP contribution is 2.42. The first-order chi connectivity index (χ1) is 16.4. The Balaban J connectivity index is 1.58. The van der Waals surface area contributed by atoms with Crippen molar-refractivity contribution >= 4 is 44.1 Å².